The lowest BCUT2D eigenvalue weighted by Gasteiger charge is -2.44. The van der Waals surface area contributed by atoms with E-state index in [1.165, 1.54) is 16.7 Å². The fourth-order valence-corrected chi connectivity index (χ4v) is 15.9. The molecule has 0 amide bonds. The van der Waals surface area contributed by atoms with Gasteiger partial charge in [-0.15, -0.1) is 0 Å². The smallest absolute Gasteiger partial charge is 0.174 e. The molecule has 480 valence electrons. The molecule has 4 aliphatic rings. The Hall–Kier alpha value is -13.8. The van der Waals surface area contributed by atoms with Gasteiger partial charge in [-0.25, -0.2) is 29.9 Å². The van der Waals surface area contributed by atoms with Crippen LogP contribution in [0, 0.1) is 0 Å². The highest BCUT2D eigenvalue weighted by Gasteiger charge is 2.56. The summed E-state index contributed by atoms with van der Waals surface area (Å²) < 4.78 is 24.2. The zero-order valence-corrected chi connectivity index (χ0v) is 54.5. The predicted molar refractivity (Wildman–Crippen MR) is 398 cm³/mol. The molecule has 0 fully saturated rings. The lowest BCUT2D eigenvalue weighted by molar-refractivity contribution is 0.525. The summed E-state index contributed by atoms with van der Waals surface area (Å²) in [7, 11) is 0. The summed E-state index contributed by atoms with van der Waals surface area (Å²) in [5.41, 5.74) is 22.1. The molecule has 8 heterocycles. The zero-order chi connectivity index (χ0) is 67.3. The van der Waals surface area contributed by atoms with E-state index in [1.54, 1.807) is 25.1 Å². The summed E-state index contributed by atoms with van der Waals surface area (Å²) in [5, 5.41) is 0. The Kier molecular flexibility index (Phi) is 13.4. The van der Waals surface area contributed by atoms with Gasteiger partial charge in [0.2, 0.25) is 0 Å². The van der Waals surface area contributed by atoms with Crippen LogP contribution in [0.2, 0.25) is 0 Å². The molecule has 0 atom stereocenters. The van der Waals surface area contributed by atoms with Crippen molar-refractivity contribution in [2.24, 2.45) is 0 Å². The van der Waals surface area contributed by atoms with Crippen LogP contribution in [-0.4, -0.2) is 29.9 Å². The lowest BCUT2D eigenvalue weighted by Crippen LogP contribution is -2.35. The van der Waals surface area contributed by atoms with Gasteiger partial charge in [0.1, 0.15) is 0 Å². The lowest BCUT2D eigenvalue weighted by atomic mass is 9.65. The summed E-state index contributed by atoms with van der Waals surface area (Å²) in [6.07, 6.45) is 7.07. The van der Waals surface area contributed by atoms with Gasteiger partial charge >= 0.3 is 0 Å². The summed E-state index contributed by atoms with van der Waals surface area (Å²) in [5.74, 6) is 6.89. The number of para-hydroxylation sites is 4. The maximum Gasteiger partial charge on any atom is 0.174 e. The van der Waals surface area contributed by atoms with E-state index in [1.807, 2.05) is 97.1 Å². The van der Waals surface area contributed by atoms with Crippen molar-refractivity contribution in [1.29, 1.82) is 0 Å². The highest BCUT2D eigenvalue weighted by Crippen LogP contribution is 2.66. The van der Waals surface area contributed by atoms with E-state index >= 15 is 0 Å². The van der Waals surface area contributed by atoms with Gasteiger partial charge in [0.25, 0.3) is 0 Å². The maximum absolute atomic E-state index is 6.06. The minimum atomic E-state index is -0.574. The zero-order valence-electron chi connectivity index (χ0n) is 54.5. The molecule has 0 bridgehead atoms. The Morgan fingerprint density at radius 3 is 0.804 bits per heavy atom. The van der Waals surface area contributed by atoms with E-state index in [0.29, 0.717) is 34.9 Å². The molecule has 2 aliphatic heterocycles. The molecule has 0 unspecified atom stereocenters. The average Bonchev–Trinajstić information content (AvgIpc) is 1.48. The minimum absolute atomic E-state index is 0.567. The van der Waals surface area contributed by atoms with Gasteiger partial charge in [-0.1, -0.05) is 231 Å². The molecule has 0 N–H and O–H groups in total. The molecule has 17 aromatic rings. The molecule has 12 nitrogen and oxygen atoms in total. The normalized spacial score (nSPS) is 13.4. The second kappa shape index (κ2) is 23.4. The van der Waals surface area contributed by atoms with Crippen LogP contribution in [0.25, 0.3) is 102 Å². The summed E-state index contributed by atoms with van der Waals surface area (Å²) in [6, 6.07) is 109. The number of furan rings is 4. The van der Waals surface area contributed by atoms with Gasteiger partial charge < -0.3 is 27.5 Å². The minimum Gasteiger partial charge on any atom is -0.461 e. The Balaban J connectivity index is 0.000000138. The van der Waals surface area contributed by atoms with Crippen molar-refractivity contribution in [1.82, 2.24) is 29.9 Å². The van der Waals surface area contributed by atoms with Crippen molar-refractivity contribution in [2.45, 2.75) is 10.8 Å². The molecule has 102 heavy (non-hydrogen) atoms. The number of hydrogen-bond donors (Lipinski definition) is 0. The van der Waals surface area contributed by atoms with Gasteiger partial charge in [0, 0.05) is 67.0 Å². The highest BCUT2D eigenvalue weighted by molar-refractivity contribution is 5.96. The second-order valence-electron chi connectivity index (χ2n) is 25.6. The van der Waals surface area contributed by atoms with Gasteiger partial charge in [-0.2, -0.15) is 0 Å². The van der Waals surface area contributed by atoms with Crippen molar-refractivity contribution < 1.29 is 17.7 Å². The number of rotatable bonds is 9. The van der Waals surface area contributed by atoms with E-state index in [0.717, 1.165) is 129 Å². The summed E-state index contributed by atoms with van der Waals surface area (Å²) in [6.45, 7) is 0. The fraction of sp³-hybridized carbons (Fsp3) is 0.0222. The predicted octanol–water partition coefficient (Wildman–Crippen LogP) is 22.1. The van der Waals surface area contributed by atoms with E-state index in [9.17, 15) is 0 Å². The van der Waals surface area contributed by atoms with Crippen molar-refractivity contribution in [3.63, 3.8) is 0 Å². The first-order valence-electron chi connectivity index (χ1n) is 33.9. The largest absolute Gasteiger partial charge is 0.461 e. The highest BCUT2D eigenvalue weighted by atomic mass is 16.4. The molecule has 0 saturated heterocycles. The number of anilines is 6. The molecule has 2 aliphatic carbocycles. The third kappa shape index (κ3) is 8.95. The van der Waals surface area contributed by atoms with Gasteiger partial charge in [-0.3, -0.25) is 0 Å². The molecule has 11 aromatic carbocycles. The van der Waals surface area contributed by atoms with Crippen LogP contribution in [0.15, 0.2) is 358 Å². The molecule has 0 saturated carbocycles. The molecule has 12 heteroatoms. The summed E-state index contributed by atoms with van der Waals surface area (Å²) in [4.78, 5) is 34.6. The molecular formula is C90H56N8O4. The Labute approximate surface area is 586 Å². The maximum atomic E-state index is 6.06. The van der Waals surface area contributed by atoms with Gasteiger partial charge in [-0.05, 0) is 118 Å². The SMILES string of the molecule is c1ccc(-c2ccc(-c3nc(-c4ccccc4)nc(-c4ccc(N5c6ccccc6C6(c7ccccc75)c5ccoc5-c5occc56)cc4)n3)cc2)cc1.c1ccc(-c2nc(-c3ccccc3)nc(-c3cccc(N4c5ccccc5C5(c6ccccc64)c4ccoc4-c4occc45)c3)n2)cc1. The van der Waals surface area contributed by atoms with Crippen molar-refractivity contribution >= 4 is 34.1 Å². The fourth-order valence-electron chi connectivity index (χ4n) is 15.9. The van der Waals surface area contributed by atoms with Crippen LogP contribution in [0.5, 0.6) is 0 Å². The monoisotopic (exact) mass is 1310 g/mol. The van der Waals surface area contributed by atoms with E-state index in [4.69, 9.17) is 47.6 Å². The first-order valence-corrected chi connectivity index (χ1v) is 33.9. The number of aromatic nitrogens is 6. The Bertz CT molecular complexity index is 5810. The number of benzene rings is 11. The molecule has 0 radical (unpaired) electrons. The van der Waals surface area contributed by atoms with Crippen LogP contribution >= 0.6 is 0 Å². The average molecular weight is 1310 g/mol. The third-order valence-corrected chi connectivity index (χ3v) is 20.2. The standard InChI is InChI=1S/C48H30N4O2.C42H26N4O2/c1-3-11-31(12-4-1)32-19-21-34(22-20-32)46-49-45(33-13-5-2-6-14-33)50-47(51-46)35-23-25-36(26-24-35)52-41-17-9-7-15-37(41)48(38-16-8-10-18-42(38)52)39-27-29-53-43(39)44-40(48)28-30-54-44;1-3-12-27(13-4-1)39-43-40(28-14-5-2-6-15-28)45-41(44-39)29-16-11-17-30(26-29)46-35-20-9-7-18-31(35)42(32-19-8-10-21-36(32)46)33-22-24-47-37(33)38-34(42)23-25-48-38/h1-30H;1-26H. The van der Waals surface area contributed by atoms with Gasteiger partial charge in [0.05, 0.1) is 58.6 Å². The van der Waals surface area contributed by atoms with Crippen molar-refractivity contribution in [3.05, 3.63) is 385 Å². The number of hydrogen-bond acceptors (Lipinski definition) is 12. The third-order valence-electron chi connectivity index (χ3n) is 20.2. The van der Waals surface area contributed by atoms with Crippen molar-refractivity contribution in [3.8, 4) is 102 Å². The first kappa shape index (κ1) is 58.3. The second-order valence-corrected chi connectivity index (χ2v) is 25.6. The van der Waals surface area contributed by atoms with E-state index in [2.05, 4.69) is 228 Å². The Morgan fingerprint density at radius 2 is 0.451 bits per heavy atom. The number of nitrogens with zero attached hydrogens (tertiary/aromatic N) is 8. The van der Waals surface area contributed by atoms with Crippen LogP contribution < -0.4 is 9.80 Å². The van der Waals surface area contributed by atoms with Crippen LogP contribution in [0.1, 0.15) is 44.5 Å². The number of fused-ring (bicyclic) bond motifs is 18. The van der Waals surface area contributed by atoms with E-state index < -0.39 is 10.8 Å². The molecule has 21 rings (SSSR count). The van der Waals surface area contributed by atoms with Crippen LogP contribution in [0.3, 0.4) is 0 Å². The molecular weight excluding hydrogens is 1260 g/mol. The van der Waals surface area contributed by atoms with Crippen LogP contribution in [-0.2, 0) is 10.8 Å². The Morgan fingerprint density at radius 1 is 0.196 bits per heavy atom. The first-order chi connectivity index (χ1) is 50.6. The molecule has 2 spiro atoms. The van der Waals surface area contributed by atoms with Crippen molar-refractivity contribution in [2.75, 3.05) is 9.80 Å². The van der Waals surface area contributed by atoms with E-state index in [-0.39, 0.29) is 0 Å². The quantitative estimate of drug-likeness (QED) is 0.136. The van der Waals surface area contributed by atoms with Crippen LogP contribution in [0.4, 0.5) is 34.1 Å². The van der Waals surface area contributed by atoms with Gasteiger partial charge in [0.15, 0.2) is 58.0 Å². The summed E-state index contributed by atoms with van der Waals surface area (Å²) >= 11 is 0. The molecule has 6 aromatic heterocycles. The topological polar surface area (TPSA) is 136 Å².